The fourth-order valence-electron chi connectivity index (χ4n) is 2.23. The predicted molar refractivity (Wildman–Crippen MR) is 78.0 cm³/mol. The average Bonchev–Trinajstić information content (AvgIpc) is 2.45. The first kappa shape index (κ1) is 14.9. The van der Waals surface area contributed by atoms with Crippen molar-refractivity contribution in [2.75, 3.05) is 26.3 Å². The fraction of sp³-hybridized carbons (Fsp3) is 0.562. The lowest BCUT2D eigenvalue weighted by atomic mass is 10.0. The number of carbonyl (C=O) groups excluding carboxylic acids is 1. The highest BCUT2D eigenvalue weighted by molar-refractivity contribution is 5.77. The van der Waals surface area contributed by atoms with Gasteiger partial charge in [-0.05, 0) is 30.5 Å². The van der Waals surface area contributed by atoms with Gasteiger partial charge in [0.15, 0.2) is 6.61 Å². The van der Waals surface area contributed by atoms with E-state index in [4.69, 9.17) is 9.47 Å². The van der Waals surface area contributed by atoms with Gasteiger partial charge in [-0.2, -0.15) is 0 Å². The highest BCUT2D eigenvalue weighted by Crippen LogP contribution is 2.18. The summed E-state index contributed by atoms with van der Waals surface area (Å²) in [5.41, 5.74) is 1.27. The summed E-state index contributed by atoms with van der Waals surface area (Å²) in [5.74, 6) is 1.26. The molecule has 1 unspecified atom stereocenters. The Morgan fingerprint density at radius 3 is 2.70 bits per heavy atom. The lowest BCUT2D eigenvalue weighted by Crippen LogP contribution is -2.46. The first-order valence-corrected chi connectivity index (χ1v) is 7.18. The zero-order chi connectivity index (χ0) is 14.5. The first-order chi connectivity index (χ1) is 9.56. The van der Waals surface area contributed by atoms with Crippen LogP contribution in [0.2, 0.25) is 0 Å². The number of amides is 1. The minimum atomic E-state index is 0.0214. The Morgan fingerprint density at radius 1 is 1.40 bits per heavy atom. The molecule has 1 aliphatic heterocycles. The molecule has 1 atom stereocenters. The number of benzene rings is 1. The summed E-state index contributed by atoms with van der Waals surface area (Å²) in [6.45, 7) is 8.28. The number of rotatable bonds is 4. The zero-order valence-electron chi connectivity index (χ0n) is 12.5. The molecule has 0 radical (unpaired) electrons. The van der Waals surface area contributed by atoms with Gasteiger partial charge >= 0.3 is 0 Å². The van der Waals surface area contributed by atoms with Gasteiger partial charge in [0.1, 0.15) is 5.75 Å². The molecule has 0 spiro atoms. The lowest BCUT2D eigenvalue weighted by molar-refractivity contribution is -0.140. The summed E-state index contributed by atoms with van der Waals surface area (Å²) in [6, 6.07) is 7.93. The molecule has 20 heavy (non-hydrogen) atoms. The molecule has 4 nitrogen and oxygen atoms in total. The van der Waals surface area contributed by atoms with Crippen molar-refractivity contribution in [2.24, 2.45) is 0 Å². The Morgan fingerprint density at radius 2 is 2.10 bits per heavy atom. The van der Waals surface area contributed by atoms with Crippen LogP contribution in [0.4, 0.5) is 0 Å². The van der Waals surface area contributed by atoms with Crippen molar-refractivity contribution in [3.63, 3.8) is 0 Å². The summed E-state index contributed by atoms with van der Waals surface area (Å²) in [7, 11) is 0. The number of ether oxygens (including phenoxy) is 2. The van der Waals surface area contributed by atoms with Crippen LogP contribution in [-0.4, -0.2) is 43.2 Å². The van der Waals surface area contributed by atoms with Gasteiger partial charge in [-0.3, -0.25) is 4.79 Å². The molecule has 110 valence electrons. The zero-order valence-corrected chi connectivity index (χ0v) is 12.5. The van der Waals surface area contributed by atoms with Crippen molar-refractivity contribution in [3.05, 3.63) is 29.8 Å². The van der Waals surface area contributed by atoms with Crippen molar-refractivity contribution in [3.8, 4) is 5.75 Å². The van der Waals surface area contributed by atoms with Crippen molar-refractivity contribution in [1.29, 1.82) is 0 Å². The molecule has 0 aliphatic carbocycles. The van der Waals surface area contributed by atoms with Gasteiger partial charge in [0.2, 0.25) is 0 Å². The van der Waals surface area contributed by atoms with Gasteiger partial charge in [-0.15, -0.1) is 0 Å². The Balaban J connectivity index is 1.83. The largest absolute Gasteiger partial charge is 0.484 e. The van der Waals surface area contributed by atoms with Crippen LogP contribution in [0.15, 0.2) is 24.3 Å². The van der Waals surface area contributed by atoms with Crippen LogP contribution in [0.5, 0.6) is 5.75 Å². The number of hydrogen-bond donors (Lipinski definition) is 0. The van der Waals surface area contributed by atoms with E-state index < -0.39 is 0 Å². The number of carbonyl (C=O) groups is 1. The third-order valence-electron chi connectivity index (χ3n) is 3.50. The Labute approximate surface area is 120 Å². The molecule has 1 aromatic carbocycles. The third-order valence-corrected chi connectivity index (χ3v) is 3.50. The van der Waals surface area contributed by atoms with E-state index in [1.54, 1.807) is 4.90 Å². The van der Waals surface area contributed by atoms with Crippen LogP contribution in [0.3, 0.4) is 0 Å². The van der Waals surface area contributed by atoms with Crippen LogP contribution in [-0.2, 0) is 9.53 Å². The van der Waals surface area contributed by atoms with Crippen LogP contribution >= 0.6 is 0 Å². The molecule has 1 saturated heterocycles. The molecule has 1 aromatic rings. The quantitative estimate of drug-likeness (QED) is 0.848. The van der Waals surface area contributed by atoms with Crippen molar-refractivity contribution < 1.29 is 14.3 Å². The topological polar surface area (TPSA) is 38.8 Å². The summed E-state index contributed by atoms with van der Waals surface area (Å²) >= 11 is 0. The number of nitrogens with zero attached hydrogens (tertiary/aromatic N) is 1. The maximum absolute atomic E-state index is 12.0. The fourth-order valence-corrected chi connectivity index (χ4v) is 2.23. The highest BCUT2D eigenvalue weighted by Gasteiger charge is 2.21. The van der Waals surface area contributed by atoms with E-state index in [1.165, 1.54) is 5.56 Å². The van der Waals surface area contributed by atoms with Crippen LogP contribution in [0.25, 0.3) is 0 Å². The molecule has 1 fully saturated rings. The second-order valence-corrected chi connectivity index (χ2v) is 5.53. The van der Waals surface area contributed by atoms with Crippen molar-refractivity contribution >= 4 is 5.91 Å². The Kier molecular flexibility index (Phi) is 5.01. The normalized spacial score (nSPS) is 19.2. The SMILES string of the molecule is CC1CN(C(=O)COc2ccc(C(C)C)cc2)CCO1. The second kappa shape index (κ2) is 6.75. The molecule has 0 bridgehead atoms. The van der Waals surface area contributed by atoms with Crippen LogP contribution < -0.4 is 4.74 Å². The Hall–Kier alpha value is -1.55. The van der Waals surface area contributed by atoms with Gasteiger partial charge < -0.3 is 14.4 Å². The number of hydrogen-bond acceptors (Lipinski definition) is 3. The van der Waals surface area contributed by atoms with Gasteiger partial charge in [0, 0.05) is 13.1 Å². The van der Waals surface area contributed by atoms with Crippen molar-refractivity contribution in [2.45, 2.75) is 32.8 Å². The average molecular weight is 277 g/mol. The highest BCUT2D eigenvalue weighted by atomic mass is 16.5. The molecule has 1 amide bonds. The van der Waals surface area contributed by atoms with E-state index in [2.05, 4.69) is 13.8 Å². The summed E-state index contributed by atoms with van der Waals surface area (Å²) in [5, 5.41) is 0. The van der Waals surface area contributed by atoms with E-state index in [9.17, 15) is 4.79 Å². The van der Waals surface area contributed by atoms with E-state index in [1.807, 2.05) is 31.2 Å². The third kappa shape index (κ3) is 3.97. The second-order valence-electron chi connectivity index (χ2n) is 5.53. The molecule has 0 N–H and O–H groups in total. The minimum absolute atomic E-state index is 0.0214. The van der Waals surface area contributed by atoms with Gasteiger partial charge in [-0.25, -0.2) is 0 Å². The smallest absolute Gasteiger partial charge is 0.260 e. The molecular formula is C16H23NO3. The predicted octanol–water partition coefficient (Wildman–Crippen LogP) is 2.44. The summed E-state index contributed by atoms with van der Waals surface area (Å²) < 4.78 is 11.0. The van der Waals surface area contributed by atoms with Gasteiger partial charge in [0.05, 0.1) is 12.7 Å². The van der Waals surface area contributed by atoms with E-state index in [0.717, 1.165) is 5.75 Å². The van der Waals surface area contributed by atoms with E-state index in [0.29, 0.717) is 25.6 Å². The van der Waals surface area contributed by atoms with Gasteiger partial charge in [0.25, 0.3) is 5.91 Å². The first-order valence-electron chi connectivity index (χ1n) is 7.18. The molecule has 0 aromatic heterocycles. The molecule has 0 saturated carbocycles. The maximum atomic E-state index is 12.0. The summed E-state index contributed by atoms with van der Waals surface area (Å²) in [6.07, 6.45) is 0.109. The minimum Gasteiger partial charge on any atom is -0.484 e. The van der Waals surface area contributed by atoms with Crippen LogP contribution in [0.1, 0.15) is 32.3 Å². The molecular weight excluding hydrogens is 254 g/mol. The van der Waals surface area contributed by atoms with E-state index in [-0.39, 0.29) is 18.6 Å². The maximum Gasteiger partial charge on any atom is 0.260 e. The van der Waals surface area contributed by atoms with Crippen LogP contribution in [0, 0.1) is 0 Å². The Bertz CT molecular complexity index is 442. The monoisotopic (exact) mass is 277 g/mol. The molecule has 2 rings (SSSR count). The summed E-state index contributed by atoms with van der Waals surface area (Å²) in [4.78, 5) is 13.8. The number of morpholine rings is 1. The molecule has 1 heterocycles. The standard InChI is InChI=1S/C16H23NO3/c1-12(2)14-4-6-15(7-5-14)20-11-16(18)17-8-9-19-13(3)10-17/h4-7,12-13H,8-11H2,1-3H3. The van der Waals surface area contributed by atoms with Gasteiger partial charge in [-0.1, -0.05) is 26.0 Å². The lowest BCUT2D eigenvalue weighted by Gasteiger charge is -2.31. The van der Waals surface area contributed by atoms with E-state index >= 15 is 0 Å². The molecule has 4 heteroatoms. The van der Waals surface area contributed by atoms with Crippen molar-refractivity contribution in [1.82, 2.24) is 4.90 Å². The molecule has 1 aliphatic rings.